The van der Waals surface area contributed by atoms with Gasteiger partial charge >= 0.3 is 0 Å². The minimum absolute atomic E-state index is 0. The lowest BCUT2D eigenvalue weighted by Crippen LogP contribution is -2.45. The van der Waals surface area contributed by atoms with E-state index in [1.807, 2.05) is 0 Å². The lowest BCUT2D eigenvalue weighted by Gasteiger charge is -2.24. The molecule has 0 aromatic heterocycles. The van der Waals surface area contributed by atoms with Crippen LogP contribution in [0.25, 0.3) is 0 Å². The molecule has 0 spiro atoms. The van der Waals surface area contributed by atoms with Gasteiger partial charge in [-0.25, -0.2) is 0 Å². The molecule has 112 valence electrons. The van der Waals surface area contributed by atoms with Gasteiger partial charge in [0.1, 0.15) is 11.5 Å². The van der Waals surface area contributed by atoms with Gasteiger partial charge in [0.25, 0.3) is 5.91 Å². The van der Waals surface area contributed by atoms with E-state index in [-0.39, 0.29) is 24.4 Å². The smallest absolute Gasteiger partial charge is 0.255 e. The Bertz CT molecular complexity index is 448. The topological polar surface area (TPSA) is 59.6 Å². The van der Waals surface area contributed by atoms with E-state index >= 15 is 0 Å². The Balaban J connectivity index is 0.00000200. The summed E-state index contributed by atoms with van der Waals surface area (Å²) >= 11 is 0. The second kappa shape index (κ2) is 7.97. The van der Waals surface area contributed by atoms with Gasteiger partial charge in [-0.2, -0.15) is 0 Å². The standard InChI is InChI=1S/C14H20N2O3.ClH/c1-18-11-5-6-13(19-2)12(8-11)14(17)16-10-4-3-7-15-9-10;/h5-6,8,10,15H,3-4,7,9H2,1-2H3,(H,16,17);1H/t10-;/m1./s1. The van der Waals surface area contributed by atoms with Gasteiger partial charge < -0.3 is 20.1 Å². The average Bonchev–Trinajstić information content (AvgIpc) is 2.47. The monoisotopic (exact) mass is 300 g/mol. The summed E-state index contributed by atoms with van der Waals surface area (Å²) in [4.78, 5) is 12.3. The molecule has 1 aromatic rings. The van der Waals surface area contributed by atoms with E-state index in [1.165, 1.54) is 0 Å². The highest BCUT2D eigenvalue weighted by atomic mass is 35.5. The number of nitrogens with one attached hydrogen (secondary N) is 2. The first-order valence-corrected chi connectivity index (χ1v) is 6.48. The van der Waals surface area contributed by atoms with Crippen LogP contribution in [0.15, 0.2) is 18.2 Å². The number of benzene rings is 1. The molecular formula is C14H21ClN2O3. The quantitative estimate of drug-likeness (QED) is 0.887. The van der Waals surface area contributed by atoms with Crippen molar-refractivity contribution >= 4 is 18.3 Å². The molecule has 2 N–H and O–H groups in total. The highest BCUT2D eigenvalue weighted by Gasteiger charge is 2.19. The van der Waals surface area contributed by atoms with E-state index in [1.54, 1.807) is 32.4 Å². The molecule has 1 atom stereocenters. The zero-order valence-electron chi connectivity index (χ0n) is 11.8. The van der Waals surface area contributed by atoms with Crippen LogP contribution in [0.3, 0.4) is 0 Å². The molecule has 1 amide bonds. The maximum absolute atomic E-state index is 12.3. The summed E-state index contributed by atoms with van der Waals surface area (Å²) in [6.45, 7) is 1.84. The number of carbonyl (C=O) groups is 1. The molecule has 1 aromatic carbocycles. The van der Waals surface area contributed by atoms with Crippen molar-refractivity contribution in [3.63, 3.8) is 0 Å². The Kier molecular flexibility index (Phi) is 6.61. The minimum atomic E-state index is -0.121. The van der Waals surface area contributed by atoms with Crippen molar-refractivity contribution in [2.45, 2.75) is 18.9 Å². The predicted octanol–water partition coefficient (Wildman–Crippen LogP) is 1.61. The molecule has 0 saturated carbocycles. The SMILES string of the molecule is COc1ccc(OC)c(C(=O)N[C@@H]2CCCNC2)c1.Cl. The molecule has 6 heteroatoms. The Morgan fingerprint density at radius 3 is 2.75 bits per heavy atom. The van der Waals surface area contributed by atoms with E-state index in [0.29, 0.717) is 17.1 Å². The van der Waals surface area contributed by atoms with Crippen LogP contribution in [0.1, 0.15) is 23.2 Å². The zero-order chi connectivity index (χ0) is 13.7. The number of piperidine rings is 1. The van der Waals surface area contributed by atoms with Crippen LogP contribution in [-0.2, 0) is 0 Å². The summed E-state index contributed by atoms with van der Waals surface area (Å²) in [5.41, 5.74) is 0.507. The van der Waals surface area contributed by atoms with Crippen LogP contribution >= 0.6 is 12.4 Å². The number of halogens is 1. The molecule has 2 rings (SSSR count). The Hall–Kier alpha value is -1.46. The van der Waals surface area contributed by atoms with Crippen molar-refractivity contribution in [3.05, 3.63) is 23.8 Å². The summed E-state index contributed by atoms with van der Waals surface area (Å²) in [6, 6.07) is 5.40. The van der Waals surface area contributed by atoms with E-state index in [4.69, 9.17) is 9.47 Å². The largest absolute Gasteiger partial charge is 0.497 e. The minimum Gasteiger partial charge on any atom is -0.497 e. The number of ether oxygens (including phenoxy) is 2. The molecule has 1 aliphatic heterocycles. The average molecular weight is 301 g/mol. The van der Waals surface area contributed by atoms with E-state index in [2.05, 4.69) is 10.6 Å². The van der Waals surface area contributed by atoms with Gasteiger partial charge in [0, 0.05) is 12.6 Å². The van der Waals surface area contributed by atoms with Gasteiger partial charge in [-0.1, -0.05) is 0 Å². The van der Waals surface area contributed by atoms with Gasteiger partial charge in [-0.3, -0.25) is 4.79 Å². The number of amides is 1. The van der Waals surface area contributed by atoms with Crippen LogP contribution in [0.5, 0.6) is 11.5 Å². The molecule has 0 unspecified atom stereocenters. The van der Waals surface area contributed by atoms with E-state index in [0.717, 1.165) is 25.9 Å². The molecule has 0 bridgehead atoms. The Morgan fingerprint density at radius 2 is 2.15 bits per heavy atom. The molecule has 1 saturated heterocycles. The highest BCUT2D eigenvalue weighted by Crippen LogP contribution is 2.24. The fraction of sp³-hybridized carbons (Fsp3) is 0.500. The van der Waals surface area contributed by atoms with E-state index in [9.17, 15) is 4.79 Å². The maximum Gasteiger partial charge on any atom is 0.255 e. The summed E-state index contributed by atoms with van der Waals surface area (Å²) in [5, 5.41) is 6.30. The van der Waals surface area contributed by atoms with Crippen LogP contribution in [-0.4, -0.2) is 39.3 Å². The fourth-order valence-corrected chi connectivity index (χ4v) is 2.23. The zero-order valence-corrected chi connectivity index (χ0v) is 12.6. The summed E-state index contributed by atoms with van der Waals surface area (Å²) in [6.07, 6.45) is 2.09. The van der Waals surface area contributed by atoms with Crippen LogP contribution in [0.2, 0.25) is 0 Å². The number of methoxy groups -OCH3 is 2. The van der Waals surface area contributed by atoms with Crippen molar-refractivity contribution in [3.8, 4) is 11.5 Å². The summed E-state index contributed by atoms with van der Waals surface area (Å²) in [5.74, 6) is 1.08. The number of rotatable bonds is 4. The van der Waals surface area contributed by atoms with Crippen molar-refractivity contribution < 1.29 is 14.3 Å². The van der Waals surface area contributed by atoms with Crippen molar-refractivity contribution in [1.29, 1.82) is 0 Å². The van der Waals surface area contributed by atoms with Crippen molar-refractivity contribution in [2.24, 2.45) is 0 Å². The predicted molar refractivity (Wildman–Crippen MR) is 80.2 cm³/mol. The Labute approximate surface area is 125 Å². The first kappa shape index (κ1) is 16.6. The van der Waals surface area contributed by atoms with Crippen molar-refractivity contribution in [2.75, 3.05) is 27.3 Å². The van der Waals surface area contributed by atoms with Gasteiger partial charge in [0.2, 0.25) is 0 Å². The molecular weight excluding hydrogens is 280 g/mol. The third-order valence-corrected chi connectivity index (χ3v) is 3.28. The lowest BCUT2D eigenvalue weighted by atomic mass is 10.1. The first-order chi connectivity index (χ1) is 9.24. The molecule has 0 aliphatic carbocycles. The second-order valence-electron chi connectivity index (χ2n) is 4.58. The summed E-state index contributed by atoms with van der Waals surface area (Å²) < 4.78 is 10.4. The van der Waals surface area contributed by atoms with Gasteiger partial charge in [-0.15, -0.1) is 12.4 Å². The molecule has 1 aliphatic rings. The molecule has 0 radical (unpaired) electrons. The lowest BCUT2D eigenvalue weighted by molar-refractivity contribution is 0.0927. The summed E-state index contributed by atoms with van der Waals surface area (Å²) in [7, 11) is 3.13. The maximum atomic E-state index is 12.3. The van der Waals surface area contributed by atoms with Crippen LogP contribution in [0, 0.1) is 0 Å². The highest BCUT2D eigenvalue weighted by molar-refractivity contribution is 5.97. The first-order valence-electron chi connectivity index (χ1n) is 6.48. The van der Waals surface area contributed by atoms with Crippen LogP contribution < -0.4 is 20.1 Å². The number of carbonyl (C=O) groups excluding carboxylic acids is 1. The number of hydrogen-bond donors (Lipinski definition) is 2. The molecule has 20 heavy (non-hydrogen) atoms. The molecule has 1 heterocycles. The van der Waals surface area contributed by atoms with Gasteiger partial charge in [0.05, 0.1) is 19.8 Å². The third kappa shape index (κ3) is 4.02. The van der Waals surface area contributed by atoms with Crippen LogP contribution in [0.4, 0.5) is 0 Å². The molecule has 1 fully saturated rings. The van der Waals surface area contributed by atoms with Crippen molar-refractivity contribution in [1.82, 2.24) is 10.6 Å². The fourth-order valence-electron chi connectivity index (χ4n) is 2.23. The van der Waals surface area contributed by atoms with Gasteiger partial charge in [0.15, 0.2) is 0 Å². The van der Waals surface area contributed by atoms with E-state index < -0.39 is 0 Å². The normalized spacial score (nSPS) is 17.8. The van der Waals surface area contributed by atoms with Gasteiger partial charge in [-0.05, 0) is 37.6 Å². The Morgan fingerprint density at radius 1 is 1.35 bits per heavy atom. The second-order valence-corrected chi connectivity index (χ2v) is 4.58. The number of hydrogen-bond acceptors (Lipinski definition) is 4. The molecule has 5 nitrogen and oxygen atoms in total. The third-order valence-electron chi connectivity index (χ3n) is 3.28.